The number of hydrogen-bond donors (Lipinski definition) is 1. The molecule has 4 aromatic rings. The molecule has 1 atom stereocenters. The maximum Gasteiger partial charge on any atom is 0.322 e. The van der Waals surface area contributed by atoms with Gasteiger partial charge in [0.05, 0.1) is 17.9 Å². The first-order valence-electron chi connectivity index (χ1n) is 10.7. The van der Waals surface area contributed by atoms with Crippen LogP contribution in [0.5, 0.6) is 5.75 Å². The average Bonchev–Trinajstić information content (AvgIpc) is 3.51. The van der Waals surface area contributed by atoms with Gasteiger partial charge in [0.25, 0.3) is 5.89 Å². The maximum atomic E-state index is 12.9. The lowest BCUT2D eigenvalue weighted by Gasteiger charge is -2.30. The standard InChI is InChI=1S/C23H22N4O6S/c1-31-18-11-5-7-15-13-19(32-20(15)18)22-25-26-23(33-22)24-21(28)16-8-6-12-27(14-16)34(29,30)17-9-3-2-4-10-17/h2-5,7,9-11,13,16H,6,8,12,14H2,1H3,(H,24,26,28). The zero-order valence-electron chi connectivity index (χ0n) is 18.3. The number of sulfonamides is 1. The van der Waals surface area contributed by atoms with Gasteiger partial charge in [0.15, 0.2) is 17.1 Å². The highest BCUT2D eigenvalue weighted by atomic mass is 32.2. The van der Waals surface area contributed by atoms with Crippen LogP contribution in [0.4, 0.5) is 6.01 Å². The fourth-order valence-corrected chi connectivity index (χ4v) is 5.54. The Bertz CT molecular complexity index is 1430. The van der Waals surface area contributed by atoms with Gasteiger partial charge in [-0.1, -0.05) is 35.4 Å². The molecule has 0 radical (unpaired) electrons. The van der Waals surface area contributed by atoms with Gasteiger partial charge in [-0.15, -0.1) is 5.10 Å². The van der Waals surface area contributed by atoms with Crippen molar-refractivity contribution in [2.75, 3.05) is 25.5 Å². The highest BCUT2D eigenvalue weighted by Gasteiger charge is 2.33. The molecule has 1 fully saturated rings. The molecule has 1 N–H and O–H groups in total. The van der Waals surface area contributed by atoms with Crippen LogP contribution in [0.25, 0.3) is 22.6 Å². The number of amides is 1. The van der Waals surface area contributed by atoms with Crippen LogP contribution in [0.15, 0.2) is 68.3 Å². The number of nitrogens with one attached hydrogen (secondary N) is 1. The summed E-state index contributed by atoms with van der Waals surface area (Å²) >= 11 is 0. The summed E-state index contributed by atoms with van der Waals surface area (Å²) in [6.07, 6.45) is 1.12. The summed E-state index contributed by atoms with van der Waals surface area (Å²) in [6, 6.07) is 15.3. The number of rotatable bonds is 6. The quantitative estimate of drug-likeness (QED) is 0.442. The Balaban J connectivity index is 1.29. The van der Waals surface area contributed by atoms with Crippen molar-refractivity contribution in [1.29, 1.82) is 0 Å². The second kappa shape index (κ2) is 8.92. The predicted octanol–water partition coefficient (Wildman–Crippen LogP) is 3.53. The van der Waals surface area contributed by atoms with Crippen molar-refractivity contribution in [2.45, 2.75) is 17.7 Å². The van der Waals surface area contributed by atoms with E-state index in [2.05, 4.69) is 15.5 Å². The number of piperidine rings is 1. The average molecular weight is 483 g/mol. The summed E-state index contributed by atoms with van der Waals surface area (Å²) in [5, 5.41) is 11.2. The molecule has 2 aromatic heterocycles. The first kappa shape index (κ1) is 22.1. The zero-order chi connectivity index (χ0) is 23.7. The lowest BCUT2D eigenvalue weighted by molar-refractivity contribution is -0.121. The molecule has 3 heterocycles. The first-order chi connectivity index (χ1) is 16.5. The van der Waals surface area contributed by atoms with Crippen molar-refractivity contribution in [2.24, 2.45) is 5.92 Å². The summed E-state index contributed by atoms with van der Waals surface area (Å²) < 4.78 is 43.9. The molecular formula is C23H22N4O6S. The molecule has 11 heteroatoms. The predicted molar refractivity (Wildman–Crippen MR) is 123 cm³/mol. The van der Waals surface area contributed by atoms with E-state index in [1.807, 2.05) is 12.1 Å². The van der Waals surface area contributed by atoms with Crippen LogP contribution in [0, 0.1) is 5.92 Å². The molecule has 1 aliphatic rings. The third-order valence-corrected chi connectivity index (χ3v) is 7.61. The Labute approximate surface area is 195 Å². The Kier molecular flexibility index (Phi) is 5.80. The second-order valence-corrected chi connectivity index (χ2v) is 9.84. The largest absolute Gasteiger partial charge is 0.493 e. The highest BCUT2D eigenvalue weighted by Crippen LogP contribution is 2.33. The Morgan fingerprint density at radius 2 is 1.94 bits per heavy atom. The first-order valence-corrected chi connectivity index (χ1v) is 12.2. The fourth-order valence-electron chi connectivity index (χ4n) is 4.00. The summed E-state index contributed by atoms with van der Waals surface area (Å²) in [5.74, 6) is 0.0901. The van der Waals surface area contributed by atoms with Gasteiger partial charge in [-0.05, 0) is 37.1 Å². The number of hydrogen-bond acceptors (Lipinski definition) is 8. The van der Waals surface area contributed by atoms with Crippen molar-refractivity contribution in [1.82, 2.24) is 14.5 Å². The van der Waals surface area contributed by atoms with E-state index < -0.39 is 15.9 Å². The molecule has 0 spiro atoms. The summed E-state index contributed by atoms with van der Waals surface area (Å²) in [7, 11) is -2.12. The third kappa shape index (κ3) is 4.15. The number of ether oxygens (including phenoxy) is 1. The van der Waals surface area contributed by atoms with Gasteiger partial charge in [0.1, 0.15) is 0 Å². The monoisotopic (exact) mass is 482 g/mol. The van der Waals surface area contributed by atoms with E-state index in [1.54, 1.807) is 49.6 Å². The van der Waals surface area contributed by atoms with E-state index in [0.717, 1.165) is 5.39 Å². The van der Waals surface area contributed by atoms with Gasteiger partial charge in [-0.3, -0.25) is 10.1 Å². The van der Waals surface area contributed by atoms with E-state index in [-0.39, 0.29) is 29.3 Å². The molecule has 1 aliphatic heterocycles. The summed E-state index contributed by atoms with van der Waals surface area (Å²) in [4.78, 5) is 13.1. The number of carbonyl (C=O) groups is 1. The highest BCUT2D eigenvalue weighted by molar-refractivity contribution is 7.89. The van der Waals surface area contributed by atoms with Crippen LogP contribution in [0.3, 0.4) is 0 Å². The number of nitrogens with zero attached hydrogens (tertiary/aromatic N) is 3. The lowest BCUT2D eigenvalue weighted by atomic mass is 9.99. The van der Waals surface area contributed by atoms with Crippen LogP contribution < -0.4 is 10.1 Å². The minimum Gasteiger partial charge on any atom is -0.493 e. The topological polar surface area (TPSA) is 128 Å². The number of benzene rings is 2. The van der Waals surface area contributed by atoms with Crippen molar-refractivity contribution in [3.63, 3.8) is 0 Å². The smallest absolute Gasteiger partial charge is 0.322 e. The lowest BCUT2D eigenvalue weighted by Crippen LogP contribution is -2.43. The van der Waals surface area contributed by atoms with E-state index in [1.165, 1.54) is 4.31 Å². The van der Waals surface area contributed by atoms with Crippen LogP contribution in [0.2, 0.25) is 0 Å². The number of furan rings is 1. The van der Waals surface area contributed by atoms with E-state index >= 15 is 0 Å². The number of anilines is 1. The molecule has 2 aromatic carbocycles. The molecule has 10 nitrogen and oxygen atoms in total. The summed E-state index contributed by atoms with van der Waals surface area (Å²) in [6.45, 7) is 0.439. The number of fused-ring (bicyclic) bond motifs is 1. The van der Waals surface area contributed by atoms with Gasteiger partial charge in [0.2, 0.25) is 15.9 Å². The number of carbonyl (C=O) groups excluding carboxylic acids is 1. The molecule has 0 bridgehead atoms. The maximum absolute atomic E-state index is 12.9. The van der Waals surface area contributed by atoms with E-state index in [4.69, 9.17) is 13.6 Å². The summed E-state index contributed by atoms with van der Waals surface area (Å²) in [5.41, 5.74) is 0.547. The van der Waals surface area contributed by atoms with Crippen LogP contribution in [-0.4, -0.2) is 49.0 Å². The fraction of sp³-hybridized carbons (Fsp3) is 0.261. The van der Waals surface area contributed by atoms with Crippen LogP contribution >= 0.6 is 0 Å². The van der Waals surface area contributed by atoms with Gasteiger partial charge in [-0.2, -0.15) is 4.31 Å². The van der Waals surface area contributed by atoms with Crippen molar-refractivity contribution in [3.05, 3.63) is 54.6 Å². The molecule has 1 saturated heterocycles. The zero-order valence-corrected chi connectivity index (χ0v) is 19.1. The molecule has 0 saturated carbocycles. The molecule has 5 rings (SSSR count). The second-order valence-electron chi connectivity index (χ2n) is 7.91. The Hall–Kier alpha value is -3.70. The minimum atomic E-state index is -3.67. The van der Waals surface area contributed by atoms with Crippen molar-refractivity contribution in [3.8, 4) is 17.4 Å². The van der Waals surface area contributed by atoms with Gasteiger partial charge in [-0.25, -0.2) is 8.42 Å². The molecule has 1 unspecified atom stereocenters. The molecule has 34 heavy (non-hydrogen) atoms. The molecule has 0 aliphatic carbocycles. The Morgan fingerprint density at radius 1 is 1.12 bits per heavy atom. The molecule has 1 amide bonds. The van der Waals surface area contributed by atoms with Crippen LogP contribution in [0.1, 0.15) is 12.8 Å². The van der Waals surface area contributed by atoms with Crippen molar-refractivity contribution < 1.29 is 26.8 Å². The van der Waals surface area contributed by atoms with E-state index in [0.29, 0.717) is 36.5 Å². The van der Waals surface area contributed by atoms with Gasteiger partial charge < -0.3 is 13.6 Å². The van der Waals surface area contributed by atoms with E-state index in [9.17, 15) is 13.2 Å². The normalized spacial score (nSPS) is 17.0. The third-order valence-electron chi connectivity index (χ3n) is 5.73. The van der Waals surface area contributed by atoms with Crippen LogP contribution in [-0.2, 0) is 14.8 Å². The van der Waals surface area contributed by atoms with Gasteiger partial charge in [0, 0.05) is 18.5 Å². The Morgan fingerprint density at radius 3 is 2.74 bits per heavy atom. The molecular weight excluding hydrogens is 460 g/mol. The van der Waals surface area contributed by atoms with Crippen molar-refractivity contribution >= 4 is 32.9 Å². The number of methoxy groups -OCH3 is 1. The van der Waals surface area contributed by atoms with Gasteiger partial charge >= 0.3 is 6.01 Å². The number of para-hydroxylation sites is 1. The number of aromatic nitrogens is 2. The minimum absolute atomic E-state index is 0.0768. The SMILES string of the molecule is COc1cccc2cc(-c3nnc(NC(=O)C4CCCN(S(=O)(=O)c5ccccc5)C4)o3)oc12. The molecule has 176 valence electrons.